The van der Waals surface area contributed by atoms with Gasteiger partial charge in [-0.15, -0.1) is 16.4 Å². The van der Waals surface area contributed by atoms with Crippen molar-refractivity contribution in [2.45, 2.75) is 0 Å². The van der Waals surface area contributed by atoms with E-state index in [9.17, 15) is 0 Å². The minimum Gasteiger partial charge on any atom is -0.452 e. The van der Waals surface area contributed by atoms with Crippen molar-refractivity contribution in [2.24, 2.45) is 0 Å². The van der Waals surface area contributed by atoms with Gasteiger partial charge in [0.15, 0.2) is 6.39 Å². The molecule has 5 rings (SSSR count). The van der Waals surface area contributed by atoms with E-state index in [0.29, 0.717) is 0 Å². The Kier molecular flexibility index (Phi) is 7.99. The normalized spacial score (nSPS) is 8.83. The Morgan fingerprint density at radius 1 is 0.875 bits per heavy atom. The molecule has 1 aromatic carbocycles. The molecule has 0 amide bonds. The third-order valence-electron chi connectivity index (χ3n) is 2.21. The van der Waals surface area contributed by atoms with Crippen molar-refractivity contribution in [3.63, 3.8) is 0 Å². The number of benzene rings is 1. The Balaban J connectivity index is 0.000000121. The molecule has 0 unspecified atom stereocenters. The molecule has 0 fully saturated rings. The maximum absolute atomic E-state index is 4.47. The summed E-state index contributed by atoms with van der Waals surface area (Å²) in [4.78, 5) is 7.69. The van der Waals surface area contributed by atoms with Gasteiger partial charge in [0.05, 0.1) is 34.3 Å². The number of hydrogen-bond acceptors (Lipinski definition) is 9. The van der Waals surface area contributed by atoms with Crippen LogP contribution in [-0.2, 0) is 0 Å². The highest BCUT2D eigenvalue weighted by Gasteiger charge is 1.89. The van der Waals surface area contributed by atoms with Crippen LogP contribution < -0.4 is 0 Å². The highest BCUT2D eigenvalue weighted by atomic mass is 32.1. The van der Waals surface area contributed by atoms with E-state index in [-0.39, 0.29) is 0 Å². The maximum atomic E-state index is 4.47. The molecule has 0 saturated carbocycles. The summed E-state index contributed by atoms with van der Waals surface area (Å²) in [5, 5.41) is 9.75. The molecule has 5 aromatic rings. The molecular weight excluding hydrogens is 330 g/mol. The molecule has 122 valence electrons. The third kappa shape index (κ3) is 7.09. The second-order valence-electron chi connectivity index (χ2n) is 3.77. The van der Waals surface area contributed by atoms with Crippen molar-refractivity contribution in [3.8, 4) is 0 Å². The summed E-state index contributed by atoms with van der Waals surface area (Å²) in [6.07, 6.45) is 10.4. The van der Waals surface area contributed by atoms with Gasteiger partial charge >= 0.3 is 0 Å². The number of thiazole rings is 1. The summed E-state index contributed by atoms with van der Waals surface area (Å²) >= 11 is 1.68. The average molecular weight is 343 g/mol. The topological polar surface area (TPSA) is 104 Å². The second-order valence-corrected chi connectivity index (χ2v) is 4.66. The zero-order valence-corrected chi connectivity index (χ0v) is 13.2. The van der Waals surface area contributed by atoms with Crippen molar-refractivity contribution in [1.82, 2.24) is 25.5 Å². The Hall–Kier alpha value is -3.33. The number of hydrogen-bond donors (Lipinski definition) is 0. The molecule has 8 nitrogen and oxygen atoms in total. The SMILES string of the molecule is c1ccc2scnc2c1.c1cnoc1.c1cocn1.c1conn1. The van der Waals surface area contributed by atoms with Crippen LogP contribution in [0.1, 0.15) is 0 Å². The van der Waals surface area contributed by atoms with Crippen LogP contribution in [0.3, 0.4) is 0 Å². The lowest BCUT2D eigenvalue weighted by molar-refractivity contribution is 0.393. The second kappa shape index (κ2) is 11.3. The van der Waals surface area contributed by atoms with E-state index >= 15 is 0 Å². The Labute approximate surface area is 140 Å². The van der Waals surface area contributed by atoms with Gasteiger partial charge in [0, 0.05) is 5.27 Å². The van der Waals surface area contributed by atoms with Crippen molar-refractivity contribution < 1.29 is 13.5 Å². The van der Waals surface area contributed by atoms with Gasteiger partial charge in [-0.3, -0.25) is 0 Å². The molecular formula is C15H13N5O3S. The van der Waals surface area contributed by atoms with Gasteiger partial charge in [-0.2, -0.15) is 0 Å². The predicted molar refractivity (Wildman–Crippen MR) is 86.9 cm³/mol. The molecule has 0 spiro atoms. The molecule has 4 heterocycles. The van der Waals surface area contributed by atoms with E-state index in [1.807, 2.05) is 23.7 Å². The average Bonchev–Trinajstić information content (AvgIpc) is 3.48. The van der Waals surface area contributed by atoms with Crippen LogP contribution in [0.25, 0.3) is 10.2 Å². The molecule has 0 radical (unpaired) electrons. The summed E-state index contributed by atoms with van der Waals surface area (Å²) in [6, 6.07) is 9.85. The minimum absolute atomic E-state index is 1.10. The van der Waals surface area contributed by atoms with Crippen molar-refractivity contribution in [3.05, 3.63) is 79.6 Å². The number of fused-ring (bicyclic) bond motifs is 1. The zero-order valence-electron chi connectivity index (χ0n) is 12.4. The van der Waals surface area contributed by atoms with Crippen LogP contribution in [-0.4, -0.2) is 25.5 Å². The first-order valence-electron chi connectivity index (χ1n) is 6.62. The summed E-state index contributed by atoms with van der Waals surface area (Å²) in [7, 11) is 0. The molecule has 0 aliphatic heterocycles. The lowest BCUT2D eigenvalue weighted by Gasteiger charge is -1.80. The highest BCUT2D eigenvalue weighted by molar-refractivity contribution is 7.16. The van der Waals surface area contributed by atoms with Crippen LogP contribution in [0.15, 0.2) is 93.1 Å². The molecule has 0 aliphatic carbocycles. The van der Waals surface area contributed by atoms with E-state index in [0.717, 1.165) is 5.52 Å². The maximum Gasteiger partial charge on any atom is 0.180 e. The first kappa shape index (κ1) is 17.0. The molecule has 0 aliphatic rings. The monoisotopic (exact) mass is 343 g/mol. The Bertz CT molecular complexity index is 685. The fourth-order valence-corrected chi connectivity index (χ4v) is 1.97. The van der Waals surface area contributed by atoms with E-state index < -0.39 is 0 Å². The van der Waals surface area contributed by atoms with E-state index in [4.69, 9.17) is 0 Å². The quantitative estimate of drug-likeness (QED) is 0.419. The molecule has 0 atom stereocenters. The van der Waals surface area contributed by atoms with E-state index in [2.05, 4.69) is 45.0 Å². The van der Waals surface area contributed by atoms with E-state index in [1.54, 1.807) is 29.8 Å². The Morgan fingerprint density at radius 2 is 1.83 bits per heavy atom. The lowest BCUT2D eigenvalue weighted by Crippen LogP contribution is -1.61. The molecule has 0 saturated heterocycles. The lowest BCUT2D eigenvalue weighted by atomic mass is 10.3. The number of nitrogens with zero attached hydrogens (tertiary/aromatic N) is 5. The number of oxazole rings is 1. The van der Waals surface area contributed by atoms with Gasteiger partial charge in [0.25, 0.3) is 0 Å². The van der Waals surface area contributed by atoms with Gasteiger partial charge in [0.2, 0.25) is 0 Å². The molecule has 4 aromatic heterocycles. The minimum atomic E-state index is 1.10. The van der Waals surface area contributed by atoms with Crippen LogP contribution in [0, 0.1) is 0 Å². The first-order chi connectivity index (χ1) is 12.0. The Morgan fingerprint density at radius 3 is 2.29 bits per heavy atom. The summed E-state index contributed by atoms with van der Waals surface area (Å²) < 4.78 is 14.3. The fraction of sp³-hybridized carbons (Fsp3) is 0. The summed E-state index contributed by atoms with van der Waals surface area (Å²) in [6.45, 7) is 0. The number of para-hydroxylation sites is 1. The van der Waals surface area contributed by atoms with Gasteiger partial charge in [0.1, 0.15) is 18.8 Å². The largest absolute Gasteiger partial charge is 0.452 e. The van der Waals surface area contributed by atoms with Crippen molar-refractivity contribution in [1.29, 1.82) is 0 Å². The smallest absolute Gasteiger partial charge is 0.180 e. The molecule has 9 heteroatoms. The van der Waals surface area contributed by atoms with Crippen molar-refractivity contribution >= 4 is 21.6 Å². The van der Waals surface area contributed by atoms with Gasteiger partial charge in [-0.05, 0) is 18.2 Å². The van der Waals surface area contributed by atoms with E-state index in [1.165, 1.54) is 36.1 Å². The fourth-order valence-electron chi connectivity index (χ4n) is 1.29. The van der Waals surface area contributed by atoms with Gasteiger partial charge in [-0.25, -0.2) is 9.97 Å². The van der Waals surface area contributed by atoms with Gasteiger partial charge in [-0.1, -0.05) is 17.3 Å². The predicted octanol–water partition coefficient (Wildman–Crippen LogP) is 3.72. The number of aromatic nitrogens is 5. The third-order valence-corrected chi connectivity index (χ3v) is 3.02. The van der Waals surface area contributed by atoms with Crippen LogP contribution >= 0.6 is 11.3 Å². The van der Waals surface area contributed by atoms with Crippen LogP contribution in [0.2, 0.25) is 0 Å². The zero-order chi connectivity index (χ0) is 16.7. The summed E-state index contributed by atoms with van der Waals surface area (Å²) in [5.41, 5.74) is 2.97. The van der Waals surface area contributed by atoms with Crippen LogP contribution in [0.4, 0.5) is 0 Å². The van der Waals surface area contributed by atoms with Crippen molar-refractivity contribution in [2.75, 3.05) is 0 Å². The highest BCUT2D eigenvalue weighted by Crippen LogP contribution is 2.15. The first-order valence-corrected chi connectivity index (χ1v) is 7.50. The molecule has 0 N–H and O–H groups in total. The number of rotatable bonds is 0. The standard InChI is InChI=1S/C7H5NS.2C3H3NO.C2H2N2O/c1-2-4-7-6(3-1)8-5-9-7;1-2-5-3-4-1;1-2-4-5-3-1;1-2-5-4-3-1/h1-5H;2*1-3H;1-2H. The van der Waals surface area contributed by atoms with Gasteiger partial charge < -0.3 is 13.5 Å². The van der Waals surface area contributed by atoms with Crippen LogP contribution in [0.5, 0.6) is 0 Å². The molecule has 0 bridgehead atoms. The summed E-state index contributed by atoms with van der Waals surface area (Å²) in [5.74, 6) is 0. The molecule has 24 heavy (non-hydrogen) atoms.